The van der Waals surface area contributed by atoms with Gasteiger partial charge in [-0.3, -0.25) is 0 Å². The van der Waals surface area contributed by atoms with Crippen LogP contribution in [0.5, 0.6) is 17.2 Å². The van der Waals surface area contributed by atoms with Crippen molar-refractivity contribution in [2.45, 2.75) is 30.7 Å². The van der Waals surface area contributed by atoms with Crippen molar-refractivity contribution in [1.82, 2.24) is 4.31 Å². The Balaban J connectivity index is 2.60. The second-order valence-corrected chi connectivity index (χ2v) is 7.73. The fraction of sp³-hybridized carbons (Fsp3) is 0.625. The van der Waals surface area contributed by atoms with Crippen molar-refractivity contribution in [2.75, 3.05) is 34.4 Å². The predicted molar refractivity (Wildman–Crippen MR) is 91.2 cm³/mol. The van der Waals surface area contributed by atoms with Gasteiger partial charge < -0.3 is 19.9 Å². The van der Waals surface area contributed by atoms with Crippen LogP contribution in [0.15, 0.2) is 17.0 Å². The lowest BCUT2D eigenvalue weighted by Crippen LogP contribution is -2.51. The van der Waals surface area contributed by atoms with E-state index in [4.69, 9.17) is 19.9 Å². The van der Waals surface area contributed by atoms with Crippen LogP contribution >= 0.6 is 0 Å². The highest BCUT2D eigenvalue weighted by Crippen LogP contribution is 2.41. The first-order valence-electron chi connectivity index (χ1n) is 7.92. The monoisotopic (exact) mass is 358 g/mol. The van der Waals surface area contributed by atoms with Gasteiger partial charge in [0.25, 0.3) is 10.0 Å². The van der Waals surface area contributed by atoms with Gasteiger partial charge in [-0.25, -0.2) is 8.42 Å². The van der Waals surface area contributed by atoms with Gasteiger partial charge in [0.15, 0.2) is 4.90 Å². The van der Waals surface area contributed by atoms with Crippen LogP contribution in [0, 0.1) is 5.92 Å². The Morgan fingerprint density at radius 1 is 1.17 bits per heavy atom. The van der Waals surface area contributed by atoms with E-state index >= 15 is 0 Å². The molecule has 1 aromatic rings. The average molecular weight is 358 g/mol. The molecule has 1 aromatic carbocycles. The Morgan fingerprint density at radius 2 is 1.75 bits per heavy atom. The normalized spacial score (nSPS) is 22.2. The van der Waals surface area contributed by atoms with Gasteiger partial charge in [0, 0.05) is 31.3 Å². The predicted octanol–water partition coefficient (Wildman–Crippen LogP) is 1.46. The standard InChI is InChI=1S/C16H26N2O5S/c1-11-6-5-7-18(13(11)10-17)24(19,20)16-14(22-3)8-12(21-2)9-15(16)23-4/h8-9,11,13H,5-7,10,17H2,1-4H3. The smallest absolute Gasteiger partial charge is 0.250 e. The molecular formula is C16H26N2O5S. The number of methoxy groups -OCH3 is 3. The highest BCUT2D eigenvalue weighted by molar-refractivity contribution is 7.89. The van der Waals surface area contributed by atoms with Crippen LogP contribution in [0.25, 0.3) is 0 Å². The second kappa shape index (κ2) is 7.58. The third kappa shape index (κ3) is 3.31. The summed E-state index contributed by atoms with van der Waals surface area (Å²) >= 11 is 0. The minimum absolute atomic E-state index is 0.0147. The molecule has 0 aromatic heterocycles. The molecule has 0 radical (unpaired) electrons. The van der Waals surface area contributed by atoms with Crippen molar-refractivity contribution < 1.29 is 22.6 Å². The zero-order valence-corrected chi connectivity index (χ0v) is 15.4. The van der Waals surface area contributed by atoms with E-state index in [-0.39, 0.29) is 34.9 Å². The zero-order valence-electron chi connectivity index (χ0n) is 14.6. The summed E-state index contributed by atoms with van der Waals surface area (Å²) in [5, 5.41) is 0. The average Bonchev–Trinajstić information content (AvgIpc) is 2.59. The Hall–Kier alpha value is -1.51. The minimum atomic E-state index is -3.82. The summed E-state index contributed by atoms with van der Waals surface area (Å²) < 4.78 is 43.9. The first-order valence-corrected chi connectivity index (χ1v) is 9.36. The SMILES string of the molecule is COc1cc(OC)c(S(=O)(=O)N2CCCC(C)C2CN)c(OC)c1. The molecule has 24 heavy (non-hydrogen) atoms. The van der Waals surface area contributed by atoms with Gasteiger partial charge in [0.1, 0.15) is 17.2 Å². The third-order valence-electron chi connectivity index (χ3n) is 4.54. The number of nitrogens with zero attached hydrogens (tertiary/aromatic N) is 1. The lowest BCUT2D eigenvalue weighted by Gasteiger charge is -2.38. The molecule has 0 bridgehead atoms. The maximum absolute atomic E-state index is 13.3. The van der Waals surface area contributed by atoms with Crippen LogP contribution in [-0.2, 0) is 10.0 Å². The summed E-state index contributed by atoms with van der Waals surface area (Å²) in [6.07, 6.45) is 1.77. The number of nitrogens with two attached hydrogens (primary N) is 1. The van der Waals surface area contributed by atoms with Crippen molar-refractivity contribution in [3.05, 3.63) is 12.1 Å². The summed E-state index contributed by atoms with van der Waals surface area (Å²) in [4.78, 5) is 0.0147. The number of hydrogen-bond acceptors (Lipinski definition) is 6. The highest BCUT2D eigenvalue weighted by Gasteiger charge is 2.39. The topological polar surface area (TPSA) is 91.1 Å². The molecule has 136 valence electrons. The van der Waals surface area contributed by atoms with Gasteiger partial charge in [-0.05, 0) is 18.8 Å². The number of hydrogen-bond donors (Lipinski definition) is 1. The lowest BCUT2D eigenvalue weighted by atomic mass is 9.93. The molecule has 2 unspecified atom stereocenters. The van der Waals surface area contributed by atoms with Crippen molar-refractivity contribution in [2.24, 2.45) is 11.7 Å². The fourth-order valence-corrected chi connectivity index (χ4v) is 5.25. The Morgan fingerprint density at radius 3 is 2.21 bits per heavy atom. The van der Waals surface area contributed by atoms with E-state index in [0.717, 1.165) is 12.8 Å². The second-order valence-electron chi connectivity index (χ2n) is 5.90. The summed E-state index contributed by atoms with van der Waals surface area (Å²) in [5.74, 6) is 1.05. The Kier molecular flexibility index (Phi) is 5.95. The molecule has 1 saturated heterocycles. The quantitative estimate of drug-likeness (QED) is 0.828. The number of sulfonamides is 1. The Labute approximate surface area is 143 Å². The van der Waals surface area contributed by atoms with Crippen LogP contribution in [0.2, 0.25) is 0 Å². The molecule has 0 saturated carbocycles. The molecule has 7 nitrogen and oxygen atoms in total. The molecule has 1 fully saturated rings. The maximum atomic E-state index is 13.3. The van der Waals surface area contributed by atoms with E-state index in [1.807, 2.05) is 6.92 Å². The number of rotatable bonds is 6. The number of piperidine rings is 1. The van der Waals surface area contributed by atoms with E-state index in [2.05, 4.69) is 0 Å². The van der Waals surface area contributed by atoms with Crippen molar-refractivity contribution in [3.63, 3.8) is 0 Å². The molecule has 2 rings (SSSR count). The van der Waals surface area contributed by atoms with Crippen LogP contribution in [0.3, 0.4) is 0 Å². The molecule has 2 atom stereocenters. The van der Waals surface area contributed by atoms with Crippen molar-refractivity contribution in [3.8, 4) is 17.2 Å². The van der Waals surface area contributed by atoms with Crippen LogP contribution in [0.4, 0.5) is 0 Å². The van der Waals surface area contributed by atoms with Gasteiger partial charge in [-0.15, -0.1) is 0 Å². The summed E-state index contributed by atoms with van der Waals surface area (Å²) in [6, 6.07) is 2.85. The van der Waals surface area contributed by atoms with E-state index in [0.29, 0.717) is 12.3 Å². The number of ether oxygens (including phenoxy) is 3. The first kappa shape index (κ1) is 18.8. The molecule has 1 aliphatic heterocycles. The van der Waals surface area contributed by atoms with Gasteiger partial charge in [0.05, 0.1) is 21.3 Å². The summed E-state index contributed by atoms with van der Waals surface area (Å²) in [7, 11) is 0.526. The zero-order chi connectivity index (χ0) is 17.9. The summed E-state index contributed by atoms with van der Waals surface area (Å²) in [5.41, 5.74) is 5.86. The largest absolute Gasteiger partial charge is 0.496 e. The van der Waals surface area contributed by atoms with Crippen molar-refractivity contribution >= 4 is 10.0 Å². The molecule has 2 N–H and O–H groups in total. The molecule has 1 aliphatic rings. The molecule has 0 aliphatic carbocycles. The third-order valence-corrected chi connectivity index (χ3v) is 6.53. The van der Waals surface area contributed by atoms with E-state index in [1.165, 1.54) is 25.6 Å². The van der Waals surface area contributed by atoms with Gasteiger partial charge in [-0.2, -0.15) is 4.31 Å². The molecule has 0 amide bonds. The van der Waals surface area contributed by atoms with Crippen LogP contribution in [0.1, 0.15) is 19.8 Å². The van der Waals surface area contributed by atoms with E-state index in [1.54, 1.807) is 12.1 Å². The van der Waals surface area contributed by atoms with E-state index in [9.17, 15) is 8.42 Å². The minimum Gasteiger partial charge on any atom is -0.496 e. The van der Waals surface area contributed by atoms with Crippen LogP contribution in [-0.4, -0.2) is 53.2 Å². The molecule has 8 heteroatoms. The van der Waals surface area contributed by atoms with Gasteiger partial charge in [0.2, 0.25) is 0 Å². The number of benzene rings is 1. The van der Waals surface area contributed by atoms with Crippen LogP contribution < -0.4 is 19.9 Å². The molecule has 0 spiro atoms. The van der Waals surface area contributed by atoms with Crippen molar-refractivity contribution in [1.29, 1.82) is 0 Å². The lowest BCUT2D eigenvalue weighted by molar-refractivity contribution is 0.191. The summed E-state index contributed by atoms with van der Waals surface area (Å²) in [6.45, 7) is 2.75. The Bertz CT molecular complexity index is 652. The van der Waals surface area contributed by atoms with Gasteiger partial charge >= 0.3 is 0 Å². The highest BCUT2D eigenvalue weighted by atomic mass is 32.2. The maximum Gasteiger partial charge on any atom is 0.250 e. The molecular weight excluding hydrogens is 332 g/mol. The van der Waals surface area contributed by atoms with E-state index < -0.39 is 10.0 Å². The first-order chi connectivity index (χ1) is 11.4. The molecule has 1 heterocycles. The van der Waals surface area contributed by atoms with Gasteiger partial charge in [-0.1, -0.05) is 6.92 Å². The fourth-order valence-electron chi connectivity index (χ4n) is 3.20.